The second-order valence-corrected chi connectivity index (χ2v) is 6.12. The third-order valence-electron chi connectivity index (χ3n) is 4.23. The van der Waals surface area contributed by atoms with Gasteiger partial charge < -0.3 is 10.5 Å². The minimum Gasteiger partial charge on any atom is -0.489 e. The van der Waals surface area contributed by atoms with Gasteiger partial charge in [0.05, 0.1) is 0 Å². The van der Waals surface area contributed by atoms with Gasteiger partial charge in [0.2, 0.25) is 0 Å². The molecule has 0 saturated carbocycles. The van der Waals surface area contributed by atoms with Gasteiger partial charge in [0.15, 0.2) is 0 Å². The third kappa shape index (κ3) is 3.84. The molecule has 3 rings (SSSR count). The molecule has 1 aliphatic rings. The Balaban J connectivity index is 1.52. The van der Waals surface area contributed by atoms with Crippen molar-refractivity contribution >= 4 is 0 Å². The highest BCUT2D eigenvalue weighted by Gasteiger charge is 2.26. The van der Waals surface area contributed by atoms with Crippen molar-refractivity contribution in [3.8, 4) is 5.75 Å². The average molecular weight is 297 g/mol. The molecule has 0 amide bonds. The van der Waals surface area contributed by atoms with E-state index in [4.69, 9.17) is 10.5 Å². The van der Waals surface area contributed by atoms with Crippen molar-refractivity contribution in [1.29, 1.82) is 0 Å². The van der Waals surface area contributed by atoms with Crippen molar-refractivity contribution in [3.05, 3.63) is 59.9 Å². The molecule has 0 spiro atoms. The van der Waals surface area contributed by atoms with Crippen LogP contribution < -0.4 is 10.5 Å². The first kappa shape index (κ1) is 15.0. The molecule has 1 fully saturated rings. The van der Waals surface area contributed by atoms with Gasteiger partial charge in [0.1, 0.15) is 12.4 Å². The van der Waals surface area contributed by atoms with Gasteiger partial charge in [-0.3, -0.25) is 9.88 Å². The lowest BCUT2D eigenvalue weighted by Gasteiger charge is -2.15. The molecule has 2 aromatic rings. The van der Waals surface area contributed by atoms with Crippen molar-refractivity contribution in [2.75, 3.05) is 13.1 Å². The third-order valence-corrected chi connectivity index (χ3v) is 4.23. The predicted molar refractivity (Wildman–Crippen MR) is 87.4 cm³/mol. The van der Waals surface area contributed by atoms with Crippen LogP contribution in [0.25, 0.3) is 0 Å². The predicted octanol–water partition coefficient (Wildman–Crippen LogP) is 2.44. The summed E-state index contributed by atoms with van der Waals surface area (Å²) < 4.78 is 5.79. The molecular weight excluding hydrogens is 274 g/mol. The summed E-state index contributed by atoms with van der Waals surface area (Å²) in [6.45, 7) is 5.83. The summed E-state index contributed by atoms with van der Waals surface area (Å²) in [6.07, 6.45) is 3.56. The number of rotatable bonds is 5. The maximum absolute atomic E-state index is 6.08. The summed E-state index contributed by atoms with van der Waals surface area (Å²) >= 11 is 0. The van der Waals surface area contributed by atoms with Crippen LogP contribution in [-0.4, -0.2) is 29.0 Å². The summed E-state index contributed by atoms with van der Waals surface area (Å²) in [5, 5.41) is 0. The Hall–Kier alpha value is -1.91. The molecule has 2 unspecified atom stereocenters. The number of nitrogens with zero attached hydrogens (tertiary/aromatic N) is 2. The van der Waals surface area contributed by atoms with Gasteiger partial charge in [-0.25, -0.2) is 0 Å². The van der Waals surface area contributed by atoms with Gasteiger partial charge in [0.25, 0.3) is 0 Å². The van der Waals surface area contributed by atoms with Crippen molar-refractivity contribution < 1.29 is 4.74 Å². The lowest BCUT2D eigenvalue weighted by molar-refractivity contribution is 0.304. The molecule has 22 heavy (non-hydrogen) atoms. The normalized spacial score (nSPS) is 21.9. The first-order valence-corrected chi connectivity index (χ1v) is 7.79. The van der Waals surface area contributed by atoms with E-state index in [1.54, 1.807) is 12.4 Å². The van der Waals surface area contributed by atoms with Gasteiger partial charge in [-0.15, -0.1) is 0 Å². The van der Waals surface area contributed by atoms with Gasteiger partial charge in [-0.1, -0.05) is 19.1 Å². The van der Waals surface area contributed by atoms with Crippen LogP contribution in [0.4, 0.5) is 0 Å². The van der Waals surface area contributed by atoms with E-state index in [2.05, 4.69) is 28.9 Å². The zero-order valence-corrected chi connectivity index (χ0v) is 13.0. The van der Waals surface area contributed by atoms with Crippen molar-refractivity contribution in [3.63, 3.8) is 0 Å². The summed E-state index contributed by atoms with van der Waals surface area (Å²) in [5.41, 5.74) is 8.50. The molecule has 2 atom stereocenters. The van der Waals surface area contributed by atoms with E-state index in [9.17, 15) is 0 Å². The molecule has 116 valence electrons. The molecule has 0 bridgehead atoms. The highest BCUT2D eigenvalue weighted by atomic mass is 16.5. The van der Waals surface area contributed by atoms with Gasteiger partial charge in [0, 0.05) is 38.1 Å². The molecular formula is C18H23N3O. The van der Waals surface area contributed by atoms with Crippen molar-refractivity contribution in [1.82, 2.24) is 9.88 Å². The Kier molecular flexibility index (Phi) is 4.71. The van der Waals surface area contributed by atoms with E-state index in [1.165, 1.54) is 5.56 Å². The van der Waals surface area contributed by atoms with Gasteiger partial charge in [-0.05, 0) is 41.3 Å². The standard InChI is InChI=1S/C18H23N3O/c1-14-10-21(12-18(14)19)11-15-2-4-17(5-3-15)22-13-16-6-8-20-9-7-16/h2-9,14,18H,10-13,19H2,1H3. The van der Waals surface area contributed by atoms with E-state index in [1.807, 2.05) is 24.3 Å². The number of ether oxygens (including phenoxy) is 1. The number of benzene rings is 1. The molecule has 1 aromatic carbocycles. The molecule has 0 aliphatic carbocycles. The molecule has 0 radical (unpaired) electrons. The van der Waals surface area contributed by atoms with Crippen LogP contribution in [0.2, 0.25) is 0 Å². The second-order valence-electron chi connectivity index (χ2n) is 6.12. The maximum atomic E-state index is 6.08. The minimum absolute atomic E-state index is 0.308. The number of nitrogens with two attached hydrogens (primary N) is 1. The topological polar surface area (TPSA) is 51.4 Å². The number of hydrogen-bond donors (Lipinski definition) is 1. The van der Waals surface area contributed by atoms with E-state index in [-0.39, 0.29) is 0 Å². The first-order chi connectivity index (χ1) is 10.7. The second kappa shape index (κ2) is 6.90. The fraction of sp³-hybridized carbons (Fsp3) is 0.389. The maximum Gasteiger partial charge on any atom is 0.119 e. The average Bonchev–Trinajstić information content (AvgIpc) is 2.85. The Morgan fingerprint density at radius 2 is 1.82 bits per heavy atom. The lowest BCUT2D eigenvalue weighted by atomic mass is 10.1. The summed E-state index contributed by atoms with van der Waals surface area (Å²) in [5.74, 6) is 1.48. The lowest BCUT2D eigenvalue weighted by Crippen LogP contribution is -2.28. The summed E-state index contributed by atoms with van der Waals surface area (Å²) in [7, 11) is 0. The number of likely N-dealkylation sites (tertiary alicyclic amines) is 1. The zero-order chi connectivity index (χ0) is 15.4. The molecule has 1 saturated heterocycles. The number of aromatic nitrogens is 1. The Morgan fingerprint density at radius 3 is 2.45 bits per heavy atom. The van der Waals surface area contributed by atoms with Crippen molar-refractivity contribution in [2.45, 2.75) is 26.1 Å². The van der Waals surface area contributed by atoms with Crippen LogP contribution >= 0.6 is 0 Å². The smallest absolute Gasteiger partial charge is 0.119 e. The highest BCUT2D eigenvalue weighted by molar-refractivity contribution is 5.27. The highest BCUT2D eigenvalue weighted by Crippen LogP contribution is 2.19. The fourth-order valence-corrected chi connectivity index (χ4v) is 2.82. The monoisotopic (exact) mass is 297 g/mol. The largest absolute Gasteiger partial charge is 0.489 e. The quantitative estimate of drug-likeness (QED) is 0.921. The number of pyridine rings is 1. The van der Waals surface area contributed by atoms with Crippen LogP contribution in [0.3, 0.4) is 0 Å². The Labute approximate surface area is 131 Å². The SMILES string of the molecule is CC1CN(Cc2ccc(OCc3ccncc3)cc2)CC1N. The minimum atomic E-state index is 0.308. The molecule has 1 aromatic heterocycles. The van der Waals surface area contributed by atoms with E-state index in [0.717, 1.165) is 30.9 Å². The summed E-state index contributed by atoms with van der Waals surface area (Å²) in [6, 6.07) is 12.6. The first-order valence-electron chi connectivity index (χ1n) is 7.79. The molecule has 4 nitrogen and oxygen atoms in total. The zero-order valence-electron chi connectivity index (χ0n) is 13.0. The van der Waals surface area contributed by atoms with Crippen molar-refractivity contribution in [2.24, 2.45) is 11.7 Å². The van der Waals surface area contributed by atoms with Crippen LogP contribution in [-0.2, 0) is 13.2 Å². The Morgan fingerprint density at radius 1 is 1.09 bits per heavy atom. The molecule has 4 heteroatoms. The fourth-order valence-electron chi connectivity index (χ4n) is 2.82. The molecule has 2 N–H and O–H groups in total. The summed E-state index contributed by atoms with van der Waals surface area (Å²) in [4.78, 5) is 6.42. The molecule has 1 aliphatic heterocycles. The van der Waals surface area contributed by atoms with Crippen LogP contribution in [0.1, 0.15) is 18.1 Å². The van der Waals surface area contributed by atoms with E-state index in [0.29, 0.717) is 18.6 Å². The van der Waals surface area contributed by atoms with Crippen LogP contribution in [0, 0.1) is 5.92 Å². The van der Waals surface area contributed by atoms with Gasteiger partial charge in [-0.2, -0.15) is 0 Å². The van der Waals surface area contributed by atoms with Crippen LogP contribution in [0.15, 0.2) is 48.8 Å². The van der Waals surface area contributed by atoms with Gasteiger partial charge >= 0.3 is 0 Å². The number of hydrogen-bond acceptors (Lipinski definition) is 4. The van der Waals surface area contributed by atoms with Crippen LogP contribution in [0.5, 0.6) is 5.75 Å². The molecule has 2 heterocycles. The van der Waals surface area contributed by atoms with E-state index < -0.39 is 0 Å². The van der Waals surface area contributed by atoms with E-state index >= 15 is 0 Å². The Bertz CT molecular complexity index is 575.